The molecule has 21 heavy (non-hydrogen) atoms. The first-order chi connectivity index (χ1) is 9.83. The first-order valence-corrected chi connectivity index (χ1v) is 7.75. The molecule has 114 valence electrons. The van der Waals surface area contributed by atoms with Crippen LogP contribution in [0.25, 0.3) is 0 Å². The van der Waals surface area contributed by atoms with E-state index in [9.17, 15) is 4.79 Å². The molecule has 0 spiro atoms. The standard InChI is InChI=1S/C17H24N2O2/c1-16(2)11-7-8-17(3,9-11)15(16)18-10-12-5-4-6-13(19-12)14(20)21/h4-6,11,15,18H,7-10H2,1-3H3,(H,20,21). The average molecular weight is 288 g/mol. The maximum absolute atomic E-state index is 11.0. The summed E-state index contributed by atoms with van der Waals surface area (Å²) < 4.78 is 0. The molecule has 3 unspecified atom stereocenters. The maximum atomic E-state index is 11.0. The van der Waals surface area contributed by atoms with Crippen molar-refractivity contribution in [3.05, 3.63) is 29.6 Å². The minimum atomic E-state index is -0.968. The van der Waals surface area contributed by atoms with Gasteiger partial charge in [0.05, 0.1) is 5.69 Å². The second kappa shape index (κ2) is 4.80. The van der Waals surface area contributed by atoms with Crippen LogP contribution in [-0.2, 0) is 6.54 Å². The highest BCUT2D eigenvalue weighted by Crippen LogP contribution is 2.62. The first kappa shape index (κ1) is 14.5. The summed E-state index contributed by atoms with van der Waals surface area (Å²) in [7, 11) is 0. The third-order valence-electron chi connectivity index (χ3n) is 5.78. The lowest BCUT2D eigenvalue weighted by atomic mass is 9.68. The zero-order valence-corrected chi connectivity index (χ0v) is 13.0. The van der Waals surface area contributed by atoms with E-state index in [1.807, 2.05) is 6.07 Å². The van der Waals surface area contributed by atoms with Crippen LogP contribution in [0.2, 0.25) is 0 Å². The summed E-state index contributed by atoms with van der Waals surface area (Å²) in [5.74, 6) is -0.164. The minimum Gasteiger partial charge on any atom is -0.477 e. The van der Waals surface area contributed by atoms with Crippen LogP contribution in [-0.4, -0.2) is 22.1 Å². The predicted molar refractivity (Wildman–Crippen MR) is 81.1 cm³/mol. The fourth-order valence-corrected chi connectivity index (χ4v) is 4.72. The molecular weight excluding hydrogens is 264 g/mol. The fourth-order valence-electron chi connectivity index (χ4n) is 4.72. The van der Waals surface area contributed by atoms with Gasteiger partial charge in [0.25, 0.3) is 0 Å². The van der Waals surface area contributed by atoms with E-state index in [-0.39, 0.29) is 5.69 Å². The molecular formula is C17H24N2O2. The number of rotatable bonds is 4. The maximum Gasteiger partial charge on any atom is 0.354 e. The van der Waals surface area contributed by atoms with Crippen molar-refractivity contribution in [1.82, 2.24) is 10.3 Å². The van der Waals surface area contributed by atoms with Crippen LogP contribution in [0.3, 0.4) is 0 Å². The summed E-state index contributed by atoms with van der Waals surface area (Å²) in [5, 5.41) is 12.7. The highest BCUT2D eigenvalue weighted by atomic mass is 16.4. The SMILES string of the molecule is CC12CCC(C1)C(C)(C)C2NCc1cccc(C(=O)O)n1. The summed E-state index contributed by atoms with van der Waals surface area (Å²) in [5.41, 5.74) is 1.60. The Morgan fingerprint density at radius 1 is 1.43 bits per heavy atom. The number of nitrogens with zero attached hydrogens (tertiary/aromatic N) is 1. The third kappa shape index (κ3) is 2.35. The molecule has 2 aliphatic rings. The van der Waals surface area contributed by atoms with E-state index in [0.29, 0.717) is 23.4 Å². The van der Waals surface area contributed by atoms with Gasteiger partial charge in [-0.25, -0.2) is 9.78 Å². The van der Waals surface area contributed by atoms with E-state index in [1.165, 1.54) is 25.3 Å². The monoisotopic (exact) mass is 288 g/mol. The number of hydrogen-bond donors (Lipinski definition) is 2. The second-order valence-electron chi connectivity index (χ2n) is 7.55. The Morgan fingerprint density at radius 2 is 2.19 bits per heavy atom. The smallest absolute Gasteiger partial charge is 0.354 e. The topological polar surface area (TPSA) is 62.2 Å². The number of hydrogen-bond acceptors (Lipinski definition) is 3. The van der Waals surface area contributed by atoms with Gasteiger partial charge in [0, 0.05) is 12.6 Å². The zero-order chi connectivity index (χ0) is 15.3. The second-order valence-corrected chi connectivity index (χ2v) is 7.55. The molecule has 3 rings (SSSR count). The molecule has 4 nitrogen and oxygen atoms in total. The Bertz CT molecular complexity index is 565. The Hall–Kier alpha value is -1.42. The highest BCUT2D eigenvalue weighted by Gasteiger charge is 2.58. The van der Waals surface area contributed by atoms with Crippen LogP contribution in [0.1, 0.15) is 56.2 Å². The van der Waals surface area contributed by atoms with Crippen LogP contribution in [0.4, 0.5) is 0 Å². The number of nitrogens with one attached hydrogen (secondary N) is 1. The Labute approximate surface area is 126 Å². The molecule has 0 aliphatic heterocycles. The van der Waals surface area contributed by atoms with Gasteiger partial charge in [-0.2, -0.15) is 0 Å². The van der Waals surface area contributed by atoms with E-state index in [0.717, 1.165) is 11.6 Å². The number of aromatic nitrogens is 1. The van der Waals surface area contributed by atoms with Crippen molar-refractivity contribution in [2.45, 2.75) is 52.6 Å². The molecule has 2 fully saturated rings. The van der Waals surface area contributed by atoms with E-state index >= 15 is 0 Å². The van der Waals surface area contributed by atoms with Crippen LogP contribution in [0, 0.1) is 16.7 Å². The molecule has 0 aromatic carbocycles. The molecule has 2 bridgehead atoms. The number of fused-ring (bicyclic) bond motifs is 2. The largest absolute Gasteiger partial charge is 0.477 e. The van der Waals surface area contributed by atoms with Gasteiger partial charge in [0.2, 0.25) is 0 Å². The van der Waals surface area contributed by atoms with Crippen LogP contribution in [0.5, 0.6) is 0 Å². The van der Waals surface area contributed by atoms with Gasteiger partial charge in [-0.1, -0.05) is 26.8 Å². The van der Waals surface area contributed by atoms with Gasteiger partial charge >= 0.3 is 5.97 Å². The van der Waals surface area contributed by atoms with Gasteiger partial charge in [-0.15, -0.1) is 0 Å². The summed E-state index contributed by atoms with van der Waals surface area (Å²) >= 11 is 0. The molecule has 0 saturated heterocycles. The minimum absolute atomic E-state index is 0.118. The van der Waals surface area contributed by atoms with Crippen molar-refractivity contribution >= 4 is 5.97 Å². The first-order valence-electron chi connectivity index (χ1n) is 7.75. The molecule has 0 amide bonds. The van der Waals surface area contributed by atoms with Crippen molar-refractivity contribution in [3.63, 3.8) is 0 Å². The van der Waals surface area contributed by atoms with Crippen LogP contribution in [0.15, 0.2) is 18.2 Å². The van der Waals surface area contributed by atoms with E-state index in [4.69, 9.17) is 5.11 Å². The van der Waals surface area contributed by atoms with Crippen LogP contribution < -0.4 is 5.32 Å². The molecule has 2 aliphatic carbocycles. The Balaban J connectivity index is 1.73. The van der Waals surface area contributed by atoms with Gasteiger partial charge < -0.3 is 10.4 Å². The summed E-state index contributed by atoms with van der Waals surface area (Å²) in [6, 6.07) is 5.66. The molecule has 2 saturated carbocycles. The Morgan fingerprint density at radius 3 is 2.81 bits per heavy atom. The lowest BCUT2D eigenvalue weighted by molar-refractivity contribution is 0.0689. The molecule has 1 heterocycles. The highest BCUT2D eigenvalue weighted by molar-refractivity contribution is 5.85. The molecule has 0 radical (unpaired) electrons. The zero-order valence-electron chi connectivity index (χ0n) is 13.0. The van der Waals surface area contributed by atoms with E-state index in [1.54, 1.807) is 6.07 Å². The number of carboxylic acid groups (broad SMARTS) is 1. The van der Waals surface area contributed by atoms with Crippen molar-refractivity contribution in [2.24, 2.45) is 16.7 Å². The lowest BCUT2D eigenvalue weighted by Gasteiger charge is -2.43. The number of carboxylic acids is 1. The lowest BCUT2D eigenvalue weighted by Crippen LogP contribution is -2.50. The summed E-state index contributed by atoms with van der Waals surface area (Å²) in [6.45, 7) is 7.75. The van der Waals surface area contributed by atoms with Gasteiger partial charge in [-0.3, -0.25) is 0 Å². The summed E-state index contributed by atoms with van der Waals surface area (Å²) in [4.78, 5) is 15.2. The van der Waals surface area contributed by atoms with Crippen molar-refractivity contribution in [2.75, 3.05) is 0 Å². The number of pyridine rings is 1. The fraction of sp³-hybridized carbons (Fsp3) is 0.647. The average Bonchev–Trinajstić information content (AvgIpc) is 2.89. The van der Waals surface area contributed by atoms with Gasteiger partial charge in [-0.05, 0) is 48.1 Å². The number of carbonyl (C=O) groups is 1. The molecule has 4 heteroatoms. The van der Waals surface area contributed by atoms with Gasteiger partial charge in [0.15, 0.2) is 0 Å². The van der Waals surface area contributed by atoms with Crippen molar-refractivity contribution < 1.29 is 9.90 Å². The van der Waals surface area contributed by atoms with Crippen molar-refractivity contribution in [1.29, 1.82) is 0 Å². The molecule has 3 atom stereocenters. The third-order valence-corrected chi connectivity index (χ3v) is 5.78. The molecule has 1 aromatic rings. The van der Waals surface area contributed by atoms with Crippen LogP contribution >= 0.6 is 0 Å². The quantitative estimate of drug-likeness (QED) is 0.893. The van der Waals surface area contributed by atoms with Crippen molar-refractivity contribution in [3.8, 4) is 0 Å². The number of aromatic carboxylic acids is 1. The predicted octanol–water partition coefficient (Wildman–Crippen LogP) is 3.08. The Kier molecular flexibility index (Phi) is 3.32. The molecule has 2 N–H and O–H groups in total. The summed E-state index contributed by atoms with van der Waals surface area (Å²) in [6.07, 6.45) is 3.94. The normalized spacial score (nSPS) is 33.3. The van der Waals surface area contributed by atoms with Gasteiger partial charge in [0.1, 0.15) is 5.69 Å². The van der Waals surface area contributed by atoms with E-state index in [2.05, 4.69) is 31.1 Å². The van der Waals surface area contributed by atoms with E-state index < -0.39 is 5.97 Å². The molecule has 1 aromatic heterocycles.